The number of likely N-dealkylation sites (N-methyl/N-ethyl adjacent to an activating group) is 1. The van der Waals surface area contributed by atoms with Gasteiger partial charge in [0.15, 0.2) is 0 Å². The summed E-state index contributed by atoms with van der Waals surface area (Å²) >= 11 is 0. The summed E-state index contributed by atoms with van der Waals surface area (Å²) in [5, 5.41) is 3.71. The SMILES string of the molecule is CCN1CCOC(CNC(C)C2CCCN(C)C2)C1. The van der Waals surface area contributed by atoms with Crippen molar-refractivity contribution in [2.75, 3.05) is 52.9 Å². The van der Waals surface area contributed by atoms with Gasteiger partial charge in [0.2, 0.25) is 0 Å². The van der Waals surface area contributed by atoms with Crippen molar-refractivity contribution in [3.8, 4) is 0 Å². The first-order valence-corrected chi connectivity index (χ1v) is 7.95. The van der Waals surface area contributed by atoms with E-state index in [9.17, 15) is 0 Å². The number of likely N-dealkylation sites (tertiary alicyclic amines) is 1. The number of morpholine rings is 1. The minimum atomic E-state index is 0.373. The van der Waals surface area contributed by atoms with E-state index in [1.54, 1.807) is 0 Å². The maximum atomic E-state index is 5.85. The fraction of sp³-hybridized carbons (Fsp3) is 1.00. The Hall–Kier alpha value is -0.160. The molecule has 1 N–H and O–H groups in total. The lowest BCUT2D eigenvalue weighted by Crippen LogP contribution is -2.50. The van der Waals surface area contributed by atoms with Gasteiger partial charge in [0.1, 0.15) is 0 Å². The number of piperidine rings is 1. The Balaban J connectivity index is 1.69. The number of nitrogens with one attached hydrogen (secondary N) is 1. The maximum Gasteiger partial charge on any atom is 0.0826 e. The summed E-state index contributed by atoms with van der Waals surface area (Å²) in [6.45, 7) is 12.3. The standard InChI is InChI=1S/C15H31N3O/c1-4-18-8-9-19-15(12-18)10-16-13(2)14-6-5-7-17(3)11-14/h13-16H,4-12H2,1-3H3. The highest BCUT2D eigenvalue weighted by Gasteiger charge is 2.24. The molecule has 2 aliphatic rings. The van der Waals surface area contributed by atoms with Crippen LogP contribution in [-0.2, 0) is 4.74 Å². The van der Waals surface area contributed by atoms with Crippen LogP contribution in [-0.4, -0.2) is 74.9 Å². The molecule has 0 aromatic carbocycles. The van der Waals surface area contributed by atoms with Crippen LogP contribution in [0.15, 0.2) is 0 Å². The second-order valence-corrected chi connectivity index (χ2v) is 6.25. The molecule has 0 aromatic rings. The van der Waals surface area contributed by atoms with Crippen molar-refractivity contribution in [3.63, 3.8) is 0 Å². The highest BCUT2D eigenvalue weighted by molar-refractivity contribution is 4.81. The minimum Gasteiger partial charge on any atom is -0.374 e. The summed E-state index contributed by atoms with van der Waals surface area (Å²) in [7, 11) is 2.24. The molecule has 0 aliphatic carbocycles. The van der Waals surface area contributed by atoms with Crippen molar-refractivity contribution in [2.45, 2.75) is 38.8 Å². The van der Waals surface area contributed by atoms with Crippen molar-refractivity contribution >= 4 is 0 Å². The first-order valence-electron chi connectivity index (χ1n) is 7.95. The fourth-order valence-corrected chi connectivity index (χ4v) is 3.29. The normalized spacial score (nSPS) is 32.4. The number of ether oxygens (including phenoxy) is 1. The highest BCUT2D eigenvalue weighted by atomic mass is 16.5. The highest BCUT2D eigenvalue weighted by Crippen LogP contribution is 2.18. The third kappa shape index (κ3) is 4.71. The summed E-state index contributed by atoms with van der Waals surface area (Å²) in [4.78, 5) is 4.94. The van der Waals surface area contributed by atoms with Crippen LogP contribution in [0.4, 0.5) is 0 Å². The molecule has 3 atom stereocenters. The molecule has 2 saturated heterocycles. The molecule has 0 radical (unpaired) electrons. The first kappa shape index (κ1) is 15.2. The van der Waals surface area contributed by atoms with Gasteiger partial charge in [-0.25, -0.2) is 0 Å². The number of nitrogens with zero attached hydrogens (tertiary/aromatic N) is 2. The Bertz CT molecular complexity index is 262. The summed E-state index contributed by atoms with van der Waals surface area (Å²) in [6, 6.07) is 0.600. The molecule has 0 bridgehead atoms. The molecular formula is C15H31N3O. The van der Waals surface area contributed by atoms with Crippen LogP contribution < -0.4 is 5.32 Å². The first-order chi connectivity index (χ1) is 9.19. The zero-order chi connectivity index (χ0) is 13.7. The number of rotatable bonds is 5. The van der Waals surface area contributed by atoms with Crippen molar-refractivity contribution in [3.05, 3.63) is 0 Å². The average molecular weight is 269 g/mol. The molecule has 112 valence electrons. The lowest BCUT2D eigenvalue weighted by molar-refractivity contribution is -0.0273. The average Bonchev–Trinajstić information content (AvgIpc) is 2.45. The predicted octanol–water partition coefficient (Wildman–Crippen LogP) is 1.03. The van der Waals surface area contributed by atoms with Crippen LogP contribution in [0.25, 0.3) is 0 Å². The molecule has 4 nitrogen and oxygen atoms in total. The lowest BCUT2D eigenvalue weighted by atomic mass is 9.92. The predicted molar refractivity (Wildman–Crippen MR) is 79.5 cm³/mol. The zero-order valence-corrected chi connectivity index (χ0v) is 12.9. The summed E-state index contributed by atoms with van der Waals surface area (Å²) in [5.74, 6) is 0.796. The molecule has 0 saturated carbocycles. The Morgan fingerprint density at radius 1 is 1.32 bits per heavy atom. The topological polar surface area (TPSA) is 27.7 Å². The van der Waals surface area contributed by atoms with Crippen LogP contribution >= 0.6 is 0 Å². The number of hydrogen-bond donors (Lipinski definition) is 1. The van der Waals surface area contributed by atoms with E-state index in [-0.39, 0.29) is 0 Å². The van der Waals surface area contributed by atoms with E-state index in [1.165, 1.54) is 25.9 Å². The zero-order valence-electron chi connectivity index (χ0n) is 12.9. The van der Waals surface area contributed by atoms with Crippen LogP contribution in [0.3, 0.4) is 0 Å². The summed E-state index contributed by atoms with van der Waals surface area (Å²) in [6.07, 6.45) is 3.08. The Labute approximate surface area is 118 Å². The quantitative estimate of drug-likeness (QED) is 0.807. The molecule has 0 aromatic heterocycles. The summed E-state index contributed by atoms with van der Waals surface area (Å²) < 4.78 is 5.85. The molecule has 2 heterocycles. The molecule has 2 rings (SSSR count). The Kier molecular flexibility index (Phi) is 6.07. The molecular weight excluding hydrogens is 238 g/mol. The third-order valence-electron chi connectivity index (χ3n) is 4.71. The van der Waals surface area contributed by atoms with E-state index in [0.29, 0.717) is 12.1 Å². The van der Waals surface area contributed by atoms with Gasteiger partial charge in [-0.2, -0.15) is 0 Å². The van der Waals surface area contributed by atoms with E-state index in [4.69, 9.17) is 4.74 Å². The number of hydrogen-bond acceptors (Lipinski definition) is 4. The van der Waals surface area contributed by atoms with Crippen LogP contribution in [0.5, 0.6) is 0 Å². The Morgan fingerprint density at radius 3 is 2.89 bits per heavy atom. The molecule has 2 fully saturated rings. The van der Waals surface area contributed by atoms with Crippen LogP contribution in [0.1, 0.15) is 26.7 Å². The summed E-state index contributed by atoms with van der Waals surface area (Å²) in [5.41, 5.74) is 0. The van der Waals surface area contributed by atoms with Crippen molar-refractivity contribution in [1.82, 2.24) is 15.1 Å². The second kappa shape index (κ2) is 7.58. The molecule has 0 spiro atoms. The lowest BCUT2D eigenvalue weighted by Gasteiger charge is -2.36. The van der Waals surface area contributed by atoms with E-state index >= 15 is 0 Å². The van der Waals surface area contributed by atoms with Gasteiger partial charge in [-0.05, 0) is 45.8 Å². The molecule has 2 aliphatic heterocycles. The van der Waals surface area contributed by atoms with Gasteiger partial charge in [-0.1, -0.05) is 6.92 Å². The van der Waals surface area contributed by atoms with E-state index in [2.05, 4.69) is 36.0 Å². The van der Waals surface area contributed by atoms with Crippen molar-refractivity contribution in [2.24, 2.45) is 5.92 Å². The van der Waals surface area contributed by atoms with Crippen LogP contribution in [0.2, 0.25) is 0 Å². The minimum absolute atomic E-state index is 0.373. The van der Waals surface area contributed by atoms with Gasteiger partial charge in [0, 0.05) is 32.2 Å². The van der Waals surface area contributed by atoms with Gasteiger partial charge >= 0.3 is 0 Å². The van der Waals surface area contributed by atoms with Gasteiger partial charge in [0.05, 0.1) is 12.7 Å². The maximum absolute atomic E-state index is 5.85. The van der Waals surface area contributed by atoms with E-state index in [0.717, 1.165) is 38.7 Å². The van der Waals surface area contributed by atoms with Gasteiger partial charge < -0.3 is 15.0 Å². The smallest absolute Gasteiger partial charge is 0.0826 e. The largest absolute Gasteiger partial charge is 0.374 e. The molecule has 4 heteroatoms. The van der Waals surface area contributed by atoms with Crippen molar-refractivity contribution < 1.29 is 4.74 Å². The van der Waals surface area contributed by atoms with Gasteiger partial charge in [0.25, 0.3) is 0 Å². The van der Waals surface area contributed by atoms with Gasteiger partial charge in [-0.3, -0.25) is 4.90 Å². The molecule has 3 unspecified atom stereocenters. The Morgan fingerprint density at radius 2 is 2.16 bits per heavy atom. The second-order valence-electron chi connectivity index (χ2n) is 6.25. The molecule has 0 amide bonds. The fourth-order valence-electron chi connectivity index (χ4n) is 3.29. The van der Waals surface area contributed by atoms with Crippen molar-refractivity contribution in [1.29, 1.82) is 0 Å². The van der Waals surface area contributed by atoms with E-state index in [1.807, 2.05) is 0 Å². The molecule has 19 heavy (non-hydrogen) atoms. The third-order valence-corrected chi connectivity index (χ3v) is 4.71. The van der Waals surface area contributed by atoms with Gasteiger partial charge in [-0.15, -0.1) is 0 Å². The van der Waals surface area contributed by atoms with E-state index < -0.39 is 0 Å². The van der Waals surface area contributed by atoms with Crippen LogP contribution in [0, 0.1) is 5.92 Å². The monoisotopic (exact) mass is 269 g/mol.